The van der Waals surface area contributed by atoms with Crippen molar-refractivity contribution in [3.05, 3.63) is 62.4 Å². The van der Waals surface area contributed by atoms with Crippen LogP contribution >= 0.6 is 0 Å². The summed E-state index contributed by atoms with van der Waals surface area (Å²) in [5.41, 5.74) is -0.289. The number of aryl methyl sites for hydroxylation is 1. The van der Waals surface area contributed by atoms with Gasteiger partial charge in [0.25, 0.3) is 5.56 Å². The Morgan fingerprint density at radius 3 is 2.70 bits per heavy atom. The second-order valence-electron chi connectivity index (χ2n) is 4.32. The van der Waals surface area contributed by atoms with Crippen molar-refractivity contribution >= 4 is 5.78 Å². The zero-order valence-electron chi connectivity index (χ0n) is 11.2. The van der Waals surface area contributed by atoms with Gasteiger partial charge in [0.2, 0.25) is 0 Å². The fraction of sp³-hybridized carbons (Fsp3) is 0.214. The Kier molecular flexibility index (Phi) is 3.84. The maximum atomic E-state index is 12.2. The number of carbonyl (C=O) groups is 1. The van der Waals surface area contributed by atoms with Crippen molar-refractivity contribution < 1.29 is 9.53 Å². The van der Waals surface area contributed by atoms with E-state index in [-0.39, 0.29) is 12.3 Å². The number of hydrogen-bond donors (Lipinski definition) is 1. The standard InChI is InChI=1S/C14H14N2O4/c1-9-7-16(14(19)15-13(9)18)8-11(17)10-5-3-4-6-12(10)20-2/h3-7H,8H2,1-2H3,(H,15,18,19). The molecule has 6 nitrogen and oxygen atoms in total. The van der Waals surface area contributed by atoms with E-state index in [1.54, 1.807) is 31.2 Å². The quantitative estimate of drug-likeness (QED) is 0.834. The van der Waals surface area contributed by atoms with Gasteiger partial charge in [0, 0.05) is 11.8 Å². The number of benzene rings is 1. The summed E-state index contributed by atoms with van der Waals surface area (Å²) in [6, 6.07) is 6.78. The minimum Gasteiger partial charge on any atom is -0.496 e. The van der Waals surface area contributed by atoms with Gasteiger partial charge in [0.05, 0.1) is 19.2 Å². The number of hydrogen-bond acceptors (Lipinski definition) is 4. The van der Waals surface area contributed by atoms with Gasteiger partial charge in [-0.05, 0) is 19.1 Å². The van der Waals surface area contributed by atoms with Crippen molar-refractivity contribution in [3.8, 4) is 5.75 Å². The van der Waals surface area contributed by atoms with Crippen LogP contribution in [0.4, 0.5) is 0 Å². The summed E-state index contributed by atoms with van der Waals surface area (Å²) in [5, 5.41) is 0. The Morgan fingerprint density at radius 2 is 2.00 bits per heavy atom. The highest BCUT2D eigenvalue weighted by molar-refractivity contribution is 5.98. The van der Waals surface area contributed by atoms with Crippen LogP contribution in [0.3, 0.4) is 0 Å². The first-order valence-electron chi connectivity index (χ1n) is 5.99. The van der Waals surface area contributed by atoms with Crippen LogP contribution in [0.15, 0.2) is 40.1 Å². The minimum absolute atomic E-state index is 0.156. The van der Waals surface area contributed by atoms with Crippen LogP contribution in [-0.2, 0) is 6.54 Å². The van der Waals surface area contributed by atoms with Gasteiger partial charge >= 0.3 is 5.69 Å². The molecule has 20 heavy (non-hydrogen) atoms. The van der Waals surface area contributed by atoms with Crippen molar-refractivity contribution in [1.82, 2.24) is 9.55 Å². The third kappa shape index (κ3) is 2.69. The molecule has 0 spiro atoms. The molecule has 2 aromatic rings. The molecule has 0 aliphatic carbocycles. The molecule has 0 amide bonds. The Morgan fingerprint density at radius 1 is 1.30 bits per heavy atom. The second-order valence-corrected chi connectivity index (χ2v) is 4.32. The van der Waals surface area contributed by atoms with Crippen LogP contribution in [0.1, 0.15) is 15.9 Å². The van der Waals surface area contributed by atoms with E-state index >= 15 is 0 Å². The third-order valence-corrected chi connectivity index (χ3v) is 2.91. The lowest BCUT2D eigenvalue weighted by molar-refractivity contribution is 0.0967. The predicted octanol–water partition coefficient (Wildman–Crippen LogP) is 0.737. The summed E-state index contributed by atoms with van der Waals surface area (Å²) in [4.78, 5) is 37.3. The van der Waals surface area contributed by atoms with E-state index in [0.717, 1.165) is 0 Å². The van der Waals surface area contributed by atoms with Gasteiger partial charge < -0.3 is 4.74 Å². The molecule has 2 rings (SSSR count). The predicted molar refractivity (Wildman–Crippen MR) is 73.4 cm³/mol. The molecule has 1 N–H and O–H groups in total. The molecule has 1 aromatic heterocycles. The van der Waals surface area contributed by atoms with E-state index in [9.17, 15) is 14.4 Å². The lowest BCUT2D eigenvalue weighted by Gasteiger charge is -2.08. The Bertz CT molecular complexity index is 758. The number of Topliss-reactive ketones (excluding diaryl/α,β-unsaturated/α-hetero) is 1. The third-order valence-electron chi connectivity index (χ3n) is 2.91. The first kappa shape index (κ1) is 13.8. The van der Waals surface area contributed by atoms with E-state index in [1.165, 1.54) is 17.9 Å². The van der Waals surface area contributed by atoms with Crippen LogP contribution in [0.5, 0.6) is 5.75 Å². The Hall–Kier alpha value is -2.63. The van der Waals surface area contributed by atoms with E-state index in [0.29, 0.717) is 16.9 Å². The fourth-order valence-corrected chi connectivity index (χ4v) is 1.85. The van der Waals surface area contributed by atoms with Crippen LogP contribution in [-0.4, -0.2) is 22.4 Å². The molecule has 0 unspecified atom stereocenters. The van der Waals surface area contributed by atoms with Gasteiger partial charge in [0.15, 0.2) is 5.78 Å². The van der Waals surface area contributed by atoms with Crippen LogP contribution in [0.25, 0.3) is 0 Å². The van der Waals surface area contributed by atoms with Crippen molar-refractivity contribution in [2.45, 2.75) is 13.5 Å². The molecular weight excluding hydrogens is 260 g/mol. The molecule has 0 fully saturated rings. The Balaban J connectivity index is 2.35. The monoisotopic (exact) mass is 274 g/mol. The SMILES string of the molecule is COc1ccccc1C(=O)Cn1cc(C)c(=O)[nH]c1=O. The number of nitrogens with one attached hydrogen (secondary N) is 1. The summed E-state index contributed by atoms with van der Waals surface area (Å²) in [6.07, 6.45) is 1.37. The zero-order chi connectivity index (χ0) is 14.7. The Labute approximate surface area is 114 Å². The average molecular weight is 274 g/mol. The van der Waals surface area contributed by atoms with Crippen LogP contribution in [0.2, 0.25) is 0 Å². The number of rotatable bonds is 4. The first-order chi connectivity index (χ1) is 9.52. The molecule has 0 saturated heterocycles. The van der Waals surface area contributed by atoms with Crippen molar-refractivity contribution in [1.29, 1.82) is 0 Å². The molecule has 0 aliphatic rings. The molecule has 0 atom stereocenters. The van der Waals surface area contributed by atoms with Gasteiger partial charge in [0.1, 0.15) is 5.75 Å². The zero-order valence-corrected chi connectivity index (χ0v) is 11.2. The molecule has 0 radical (unpaired) electrons. The van der Waals surface area contributed by atoms with Crippen LogP contribution in [0, 0.1) is 6.92 Å². The maximum absolute atomic E-state index is 12.2. The van der Waals surface area contributed by atoms with Gasteiger partial charge in [-0.2, -0.15) is 0 Å². The molecule has 6 heteroatoms. The maximum Gasteiger partial charge on any atom is 0.328 e. The van der Waals surface area contributed by atoms with Gasteiger partial charge in [-0.1, -0.05) is 12.1 Å². The molecule has 0 saturated carbocycles. The summed E-state index contributed by atoms with van der Waals surface area (Å²) >= 11 is 0. The lowest BCUT2D eigenvalue weighted by atomic mass is 10.1. The normalized spacial score (nSPS) is 10.3. The topological polar surface area (TPSA) is 81.2 Å². The van der Waals surface area contributed by atoms with Crippen LogP contribution < -0.4 is 16.0 Å². The van der Waals surface area contributed by atoms with Gasteiger partial charge in [-0.3, -0.25) is 19.1 Å². The summed E-state index contributed by atoms with van der Waals surface area (Å²) in [7, 11) is 1.47. The molecule has 1 heterocycles. The number of H-pyrrole nitrogens is 1. The number of aromatic amines is 1. The highest BCUT2D eigenvalue weighted by Crippen LogP contribution is 2.18. The highest BCUT2D eigenvalue weighted by atomic mass is 16.5. The summed E-state index contributed by atoms with van der Waals surface area (Å²) < 4.78 is 6.28. The average Bonchev–Trinajstić information content (AvgIpc) is 2.44. The molecular formula is C14H14N2O4. The number of para-hydroxylation sites is 1. The largest absolute Gasteiger partial charge is 0.496 e. The van der Waals surface area contributed by atoms with E-state index < -0.39 is 11.2 Å². The summed E-state index contributed by atoms with van der Waals surface area (Å²) in [6.45, 7) is 1.42. The number of ketones is 1. The lowest BCUT2D eigenvalue weighted by Crippen LogP contribution is -2.32. The number of methoxy groups -OCH3 is 1. The molecule has 1 aromatic carbocycles. The number of ether oxygens (including phenoxy) is 1. The van der Waals surface area contributed by atoms with E-state index in [2.05, 4.69) is 4.98 Å². The summed E-state index contributed by atoms with van der Waals surface area (Å²) in [5.74, 6) is 0.183. The number of carbonyl (C=O) groups excluding carboxylic acids is 1. The smallest absolute Gasteiger partial charge is 0.328 e. The minimum atomic E-state index is -0.608. The first-order valence-corrected chi connectivity index (χ1v) is 5.99. The fourth-order valence-electron chi connectivity index (χ4n) is 1.85. The van der Waals surface area contributed by atoms with E-state index in [4.69, 9.17) is 4.74 Å². The molecule has 0 bridgehead atoms. The van der Waals surface area contributed by atoms with Gasteiger partial charge in [-0.25, -0.2) is 4.79 Å². The number of nitrogens with zero attached hydrogens (tertiary/aromatic N) is 1. The number of aromatic nitrogens is 2. The highest BCUT2D eigenvalue weighted by Gasteiger charge is 2.13. The van der Waals surface area contributed by atoms with Crippen molar-refractivity contribution in [2.75, 3.05) is 7.11 Å². The molecule has 104 valence electrons. The second kappa shape index (κ2) is 5.56. The van der Waals surface area contributed by atoms with E-state index in [1.807, 2.05) is 0 Å². The van der Waals surface area contributed by atoms with Crippen molar-refractivity contribution in [2.24, 2.45) is 0 Å². The van der Waals surface area contributed by atoms with Crippen molar-refractivity contribution in [3.63, 3.8) is 0 Å². The van der Waals surface area contributed by atoms with Gasteiger partial charge in [-0.15, -0.1) is 0 Å². The molecule has 0 aliphatic heterocycles.